The molecule has 4 rings (SSSR count). The summed E-state index contributed by atoms with van der Waals surface area (Å²) in [5, 5.41) is 3.06. The Morgan fingerprint density at radius 1 is 1.06 bits per heavy atom. The molecule has 1 atom stereocenters. The molecule has 1 saturated heterocycles. The lowest BCUT2D eigenvalue weighted by molar-refractivity contribution is -0.131. The molecule has 2 amide bonds. The molecular weight excluding hydrogens is 468 g/mol. The van der Waals surface area contributed by atoms with Gasteiger partial charge in [-0.3, -0.25) is 9.59 Å². The Kier molecular flexibility index (Phi) is 7.25. The van der Waals surface area contributed by atoms with E-state index in [1.807, 2.05) is 48.2 Å². The third kappa shape index (κ3) is 5.21. The van der Waals surface area contributed by atoms with Crippen molar-refractivity contribution in [2.75, 3.05) is 13.1 Å². The summed E-state index contributed by atoms with van der Waals surface area (Å²) >= 11 is 3.42. The average Bonchev–Trinajstić information content (AvgIpc) is 2.95. The zero-order valence-electron chi connectivity index (χ0n) is 18.4. The zero-order chi connectivity index (χ0) is 22.5. The van der Waals surface area contributed by atoms with Gasteiger partial charge >= 0.3 is 0 Å². The SMILES string of the molecule is CC(NC(=O)c1cccc(Br)c1)c1nc2ccccc2n1CCC(=O)N1CCCCCC1. The molecule has 1 unspecified atom stereocenters. The first-order valence-corrected chi connectivity index (χ1v) is 12.1. The van der Waals surface area contributed by atoms with E-state index in [1.165, 1.54) is 12.8 Å². The van der Waals surface area contributed by atoms with Crippen molar-refractivity contribution in [3.05, 3.63) is 64.4 Å². The second-order valence-corrected chi connectivity index (χ2v) is 9.28. The van der Waals surface area contributed by atoms with Gasteiger partial charge in [-0.25, -0.2) is 4.98 Å². The van der Waals surface area contributed by atoms with E-state index in [4.69, 9.17) is 4.98 Å². The molecule has 32 heavy (non-hydrogen) atoms. The number of rotatable bonds is 6. The normalized spacial score (nSPS) is 15.4. The van der Waals surface area contributed by atoms with Gasteiger partial charge in [0.15, 0.2) is 0 Å². The van der Waals surface area contributed by atoms with Crippen LogP contribution in [-0.2, 0) is 11.3 Å². The van der Waals surface area contributed by atoms with Crippen LogP contribution in [0.15, 0.2) is 53.0 Å². The molecule has 3 aromatic rings. The first-order chi connectivity index (χ1) is 15.5. The van der Waals surface area contributed by atoms with Crippen LogP contribution in [0.2, 0.25) is 0 Å². The number of aromatic nitrogens is 2. The number of halogens is 1. The first kappa shape index (κ1) is 22.5. The standard InChI is InChI=1S/C25H29BrN4O2/c1-18(27-25(32)19-9-8-10-20(26)17-19)24-28-21-11-4-5-12-22(21)30(24)16-13-23(31)29-14-6-2-3-7-15-29/h4-5,8-12,17-18H,2-3,6-7,13-16H2,1H3,(H,27,32). The fraction of sp³-hybridized carbons (Fsp3) is 0.400. The Morgan fingerprint density at radius 3 is 2.56 bits per heavy atom. The number of carbonyl (C=O) groups excluding carboxylic acids is 2. The molecule has 168 valence electrons. The Morgan fingerprint density at radius 2 is 1.81 bits per heavy atom. The summed E-state index contributed by atoms with van der Waals surface area (Å²) < 4.78 is 2.94. The smallest absolute Gasteiger partial charge is 0.251 e. The van der Waals surface area contributed by atoms with Crippen LogP contribution < -0.4 is 5.32 Å². The number of para-hydroxylation sites is 2. The summed E-state index contributed by atoms with van der Waals surface area (Å²) in [7, 11) is 0. The van der Waals surface area contributed by atoms with Gasteiger partial charge in [0.1, 0.15) is 5.82 Å². The first-order valence-electron chi connectivity index (χ1n) is 11.3. The topological polar surface area (TPSA) is 67.2 Å². The van der Waals surface area contributed by atoms with E-state index in [-0.39, 0.29) is 17.9 Å². The second-order valence-electron chi connectivity index (χ2n) is 8.36. The van der Waals surface area contributed by atoms with Crippen molar-refractivity contribution < 1.29 is 9.59 Å². The largest absolute Gasteiger partial charge is 0.343 e. The molecule has 0 spiro atoms. The number of nitrogens with zero attached hydrogens (tertiary/aromatic N) is 3. The molecule has 0 saturated carbocycles. The molecular formula is C25H29BrN4O2. The van der Waals surface area contributed by atoms with E-state index in [9.17, 15) is 9.59 Å². The molecule has 1 aliphatic rings. The summed E-state index contributed by atoms with van der Waals surface area (Å²) in [5.41, 5.74) is 2.44. The molecule has 0 bridgehead atoms. The average molecular weight is 497 g/mol. The number of fused-ring (bicyclic) bond motifs is 1. The zero-order valence-corrected chi connectivity index (χ0v) is 20.0. The van der Waals surface area contributed by atoms with E-state index in [1.54, 1.807) is 12.1 Å². The minimum absolute atomic E-state index is 0.155. The number of amides is 2. The van der Waals surface area contributed by atoms with E-state index >= 15 is 0 Å². The lowest BCUT2D eigenvalue weighted by Gasteiger charge is -2.21. The molecule has 0 radical (unpaired) electrons. The van der Waals surface area contributed by atoms with Crippen LogP contribution in [0.4, 0.5) is 0 Å². The molecule has 1 N–H and O–H groups in total. The molecule has 1 aromatic heterocycles. The summed E-state index contributed by atoms with van der Waals surface area (Å²) in [4.78, 5) is 32.5. The highest BCUT2D eigenvalue weighted by Crippen LogP contribution is 2.22. The second kappa shape index (κ2) is 10.3. The maximum atomic E-state index is 12.9. The summed E-state index contributed by atoms with van der Waals surface area (Å²) in [6.07, 6.45) is 5.01. The van der Waals surface area contributed by atoms with Crippen LogP contribution in [0.5, 0.6) is 0 Å². The minimum Gasteiger partial charge on any atom is -0.343 e. The van der Waals surface area contributed by atoms with Crippen LogP contribution in [0.1, 0.15) is 61.3 Å². The molecule has 2 aromatic carbocycles. The maximum Gasteiger partial charge on any atom is 0.251 e. The van der Waals surface area contributed by atoms with Crippen molar-refractivity contribution in [3.8, 4) is 0 Å². The van der Waals surface area contributed by atoms with Gasteiger partial charge in [-0.2, -0.15) is 0 Å². The number of likely N-dealkylation sites (tertiary alicyclic amines) is 1. The number of hydrogen-bond acceptors (Lipinski definition) is 3. The maximum absolute atomic E-state index is 12.9. The number of carbonyl (C=O) groups is 2. The Bertz CT molecular complexity index is 1100. The molecule has 1 fully saturated rings. The molecule has 0 aliphatic carbocycles. The Labute approximate surface area is 197 Å². The predicted molar refractivity (Wildman–Crippen MR) is 129 cm³/mol. The van der Waals surface area contributed by atoms with Gasteiger partial charge in [0, 0.05) is 36.1 Å². The lowest BCUT2D eigenvalue weighted by Crippen LogP contribution is -2.33. The van der Waals surface area contributed by atoms with Gasteiger partial charge in [0.05, 0.1) is 17.1 Å². The van der Waals surface area contributed by atoms with Crippen molar-refractivity contribution in [2.45, 2.75) is 51.6 Å². The van der Waals surface area contributed by atoms with Gasteiger partial charge in [0.2, 0.25) is 5.91 Å². The highest BCUT2D eigenvalue weighted by Gasteiger charge is 2.21. The number of benzene rings is 2. The van der Waals surface area contributed by atoms with Gasteiger partial charge < -0.3 is 14.8 Å². The monoisotopic (exact) mass is 496 g/mol. The highest BCUT2D eigenvalue weighted by molar-refractivity contribution is 9.10. The third-order valence-corrected chi connectivity index (χ3v) is 6.51. The van der Waals surface area contributed by atoms with Crippen molar-refractivity contribution in [2.24, 2.45) is 0 Å². The quantitative estimate of drug-likeness (QED) is 0.517. The Balaban J connectivity index is 1.53. The summed E-state index contributed by atoms with van der Waals surface area (Å²) in [5.74, 6) is 0.803. The highest BCUT2D eigenvalue weighted by atomic mass is 79.9. The fourth-order valence-corrected chi connectivity index (χ4v) is 4.72. The van der Waals surface area contributed by atoms with E-state index in [2.05, 4.69) is 25.8 Å². The lowest BCUT2D eigenvalue weighted by atomic mass is 10.2. The van der Waals surface area contributed by atoms with Crippen molar-refractivity contribution in [1.29, 1.82) is 0 Å². The van der Waals surface area contributed by atoms with Crippen LogP contribution in [0, 0.1) is 0 Å². The summed E-state index contributed by atoms with van der Waals surface area (Å²) in [6, 6.07) is 14.9. The van der Waals surface area contributed by atoms with E-state index < -0.39 is 0 Å². The Hall–Kier alpha value is -2.67. The number of nitrogens with one attached hydrogen (secondary N) is 1. The van der Waals surface area contributed by atoms with Gasteiger partial charge in [-0.05, 0) is 50.1 Å². The van der Waals surface area contributed by atoms with Crippen molar-refractivity contribution >= 4 is 38.8 Å². The third-order valence-electron chi connectivity index (χ3n) is 6.01. The van der Waals surface area contributed by atoms with E-state index in [0.717, 1.165) is 47.3 Å². The van der Waals surface area contributed by atoms with Gasteiger partial charge in [0.25, 0.3) is 5.91 Å². The van der Waals surface area contributed by atoms with Crippen molar-refractivity contribution in [1.82, 2.24) is 19.8 Å². The van der Waals surface area contributed by atoms with Crippen LogP contribution in [0.25, 0.3) is 11.0 Å². The molecule has 7 heteroatoms. The van der Waals surface area contributed by atoms with Crippen LogP contribution in [0.3, 0.4) is 0 Å². The van der Waals surface area contributed by atoms with Gasteiger partial charge in [-0.15, -0.1) is 0 Å². The number of aryl methyl sites for hydroxylation is 1. The predicted octanol–water partition coefficient (Wildman–Crippen LogP) is 5.08. The molecule has 1 aliphatic heterocycles. The number of hydrogen-bond donors (Lipinski definition) is 1. The minimum atomic E-state index is -0.304. The van der Waals surface area contributed by atoms with Crippen LogP contribution in [-0.4, -0.2) is 39.4 Å². The van der Waals surface area contributed by atoms with Crippen molar-refractivity contribution in [3.63, 3.8) is 0 Å². The fourth-order valence-electron chi connectivity index (χ4n) is 4.32. The van der Waals surface area contributed by atoms with Gasteiger partial charge in [-0.1, -0.05) is 47.0 Å². The number of imidazole rings is 1. The summed E-state index contributed by atoms with van der Waals surface area (Å²) in [6.45, 7) is 4.19. The molecule has 6 nitrogen and oxygen atoms in total. The molecule has 2 heterocycles. The van der Waals surface area contributed by atoms with Crippen LogP contribution >= 0.6 is 15.9 Å². The van der Waals surface area contributed by atoms with E-state index in [0.29, 0.717) is 18.5 Å².